The fourth-order valence-electron chi connectivity index (χ4n) is 1.59. The maximum atomic E-state index is 4.36. The minimum absolute atomic E-state index is 0.885. The summed E-state index contributed by atoms with van der Waals surface area (Å²) in [5.74, 6) is 1.13. The van der Waals surface area contributed by atoms with Crippen LogP contribution >= 0.6 is 11.8 Å². The van der Waals surface area contributed by atoms with Crippen molar-refractivity contribution in [2.75, 3.05) is 5.75 Å². The van der Waals surface area contributed by atoms with Gasteiger partial charge in [-0.05, 0) is 36.4 Å². The SMILES string of the molecule is CCCCSc1ccccc1N=Nc1ccccc1. The molecule has 2 aromatic rings. The van der Waals surface area contributed by atoms with Gasteiger partial charge in [-0.25, -0.2) is 0 Å². The molecule has 98 valence electrons. The van der Waals surface area contributed by atoms with E-state index in [1.165, 1.54) is 17.7 Å². The molecular weight excluding hydrogens is 252 g/mol. The molecule has 0 aromatic heterocycles. The molecule has 0 N–H and O–H groups in total. The Bertz CT molecular complexity index is 523. The van der Waals surface area contributed by atoms with Crippen LogP contribution in [-0.2, 0) is 0 Å². The average molecular weight is 270 g/mol. The third-order valence-electron chi connectivity index (χ3n) is 2.65. The first-order valence-corrected chi connectivity index (χ1v) is 7.57. The Kier molecular flexibility index (Phi) is 5.63. The second kappa shape index (κ2) is 7.74. The summed E-state index contributed by atoms with van der Waals surface area (Å²) in [5, 5.41) is 8.64. The van der Waals surface area contributed by atoms with Crippen molar-refractivity contribution in [1.29, 1.82) is 0 Å². The Labute approximate surface area is 119 Å². The van der Waals surface area contributed by atoms with E-state index >= 15 is 0 Å². The first-order chi connectivity index (χ1) is 9.40. The normalized spacial score (nSPS) is 11.0. The zero-order valence-electron chi connectivity index (χ0n) is 11.1. The van der Waals surface area contributed by atoms with E-state index in [0.29, 0.717) is 0 Å². The van der Waals surface area contributed by atoms with Crippen molar-refractivity contribution >= 4 is 23.1 Å². The third-order valence-corrected chi connectivity index (χ3v) is 3.80. The molecule has 0 unspecified atom stereocenters. The van der Waals surface area contributed by atoms with E-state index in [0.717, 1.165) is 17.1 Å². The van der Waals surface area contributed by atoms with Gasteiger partial charge in [-0.1, -0.05) is 43.7 Å². The molecule has 2 nitrogen and oxygen atoms in total. The van der Waals surface area contributed by atoms with Gasteiger partial charge in [-0.3, -0.25) is 0 Å². The number of hydrogen-bond acceptors (Lipinski definition) is 3. The van der Waals surface area contributed by atoms with Gasteiger partial charge in [0.2, 0.25) is 0 Å². The van der Waals surface area contributed by atoms with Crippen molar-refractivity contribution in [3.63, 3.8) is 0 Å². The monoisotopic (exact) mass is 270 g/mol. The van der Waals surface area contributed by atoms with Crippen LogP contribution in [0.4, 0.5) is 11.4 Å². The van der Waals surface area contributed by atoms with E-state index in [-0.39, 0.29) is 0 Å². The minimum Gasteiger partial charge on any atom is -0.151 e. The van der Waals surface area contributed by atoms with Crippen molar-refractivity contribution in [1.82, 2.24) is 0 Å². The van der Waals surface area contributed by atoms with Gasteiger partial charge in [0.15, 0.2) is 0 Å². The summed E-state index contributed by atoms with van der Waals surface area (Å²) >= 11 is 1.85. The zero-order chi connectivity index (χ0) is 13.3. The van der Waals surface area contributed by atoms with Crippen LogP contribution in [0.2, 0.25) is 0 Å². The molecule has 0 aliphatic carbocycles. The highest BCUT2D eigenvalue weighted by molar-refractivity contribution is 7.99. The lowest BCUT2D eigenvalue weighted by Crippen LogP contribution is -1.79. The maximum absolute atomic E-state index is 4.36. The van der Waals surface area contributed by atoms with E-state index in [2.05, 4.69) is 29.3 Å². The standard InChI is InChI=1S/C16H18N2S/c1-2-3-13-19-16-12-8-7-11-15(16)18-17-14-9-5-4-6-10-14/h4-12H,2-3,13H2,1H3. The van der Waals surface area contributed by atoms with Crippen LogP contribution in [0.1, 0.15) is 19.8 Å². The highest BCUT2D eigenvalue weighted by atomic mass is 32.2. The third kappa shape index (κ3) is 4.52. The minimum atomic E-state index is 0.885. The molecule has 0 aliphatic rings. The van der Waals surface area contributed by atoms with Crippen molar-refractivity contribution in [2.24, 2.45) is 10.2 Å². The van der Waals surface area contributed by atoms with Crippen LogP contribution in [0.15, 0.2) is 69.7 Å². The predicted octanol–water partition coefficient (Wildman–Crippen LogP) is 5.99. The molecule has 19 heavy (non-hydrogen) atoms. The van der Waals surface area contributed by atoms with Crippen LogP contribution in [0.25, 0.3) is 0 Å². The van der Waals surface area contributed by atoms with E-state index < -0.39 is 0 Å². The topological polar surface area (TPSA) is 24.7 Å². The Balaban J connectivity index is 2.09. The predicted molar refractivity (Wildman–Crippen MR) is 82.7 cm³/mol. The summed E-state index contributed by atoms with van der Waals surface area (Å²) in [5.41, 5.74) is 1.84. The average Bonchev–Trinajstić information content (AvgIpc) is 2.48. The molecule has 0 amide bonds. The van der Waals surface area contributed by atoms with E-state index in [1.54, 1.807) is 0 Å². The van der Waals surface area contributed by atoms with Crippen molar-refractivity contribution in [2.45, 2.75) is 24.7 Å². The number of hydrogen-bond donors (Lipinski definition) is 0. The molecule has 3 heteroatoms. The van der Waals surface area contributed by atoms with E-state index in [4.69, 9.17) is 0 Å². The Hall–Kier alpha value is -1.61. The summed E-state index contributed by atoms with van der Waals surface area (Å²) in [6.07, 6.45) is 2.45. The van der Waals surface area contributed by atoms with Gasteiger partial charge in [0.25, 0.3) is 0 Å². The Morgan fingerprint density at radius 2 is 1.63 bits per heavy atom. The van der Waals surface area contributed by atoms with Crippen molar-refractivity contribution < 1.29 is 0 Å². The molecule has 2 aromatic carbocycles. The second-order valence-electron chi connectivity index (χ2n) is 4.21. The molecule has 0 saturated heterocycles. The van der Waals surface area contributed by atoms with Gasteiger partial charge >= 0.3 is 0 Å². The maximum Gasteiger partial charge on any atom is 0.0992 e. The van der Waals surface area contributed by atoms with Gasteiger partial charge in [0.05, 0.1) is 11.4 Å². The number of nitrogens with zero attached hydrogens (tertiary/aromatic N) is 2. The van der Waals surface area contributed by atoms with E-state index in [1.807, 2.05) is 54.2 Å². The lowest BCUT2D eigenvalue weighted by Gasteiger charge is -2.03. The molecule has 0 fully saturated rings. The molecule has 0 spiro atoms. The molecule has 0 saturated carbocycles. The molecule has 0 aliphatic heterocycles. The molecule has 0 atom stereocenters. The smallest absolute Gasteiger partial charge is 0.0992 e. The lowest BCUT2D eigenvalue weighted by atomic mass is 10.3. The Morgan fingerprint density at radius 3 is 2.42 bits per heavy atom. The van der Waals surface area contributed by atoms with Gasteiger partial charge in [0.1, 0.15) is 0 Å². The number of thioether (sulfide) groups is 1. The summed E-state index contributed by atoms with van der Waals surface area (Å²) in [4.78, 5) is 1.20. The highest BCUT2D eigenvalue weighted by Crippen LogP contribution is 2.31. The quantitative estimate of drug-likeness (QED) is 0.359. The number of benzene rings is 2. The van der Waals surface area contributed by atoms with Crippen molar-refractivity contribution in [3.05, 3.63) is 54.6 Å². The number of unbranched alkanes of at least 4 members (excludes halogenated alkanes) is 1. The summed E-state index contributed by atoms with van der Waals surface area (Å²) in [6, 6.07) is 18.0. The van der Waals surface area contributed by atoms with Crippen LogP contribution in [0.3, 0.4) is 0 Å². The summed E-state index contributed by atoms with van der Waals surface area (Å²) < 4.78 is 0. The Morgan fingerprint density at radius 1 is 0.895 bits per heavy atom. The highest BCUT2D eigenvalue weighted by Gasteiger charge is 2.00. The lowest BCUT2D eigenvalue weighted by molar-refractivity contribution is 0.896. The number of azo groups is 1. The largest absolute Gasteiger partial charge is 0.151 e. The van der Waals surface area contributed by atoms with Crippen LogP contribution in [0.5, 0.6) is 0 Å². The zero-order valence-corrected chi connectivity index (χ0v) is 11.9. The molecule has 0 heterocycles. The fraction of sp³-hybridized carbons (Fsp3) is 0.250. The first-order valence-electron chi connectivity index (χ1n) is 6.59. The van der Waals surface area contributed by atoms with Crippen LogP contribution in [-0.4, -0.2) is 5.75 Å². The van der Waals surface area contributed by atoms with Crippen LogP contribution in [0, 0.1) is 0 Å². The molecular formula is C16H18N2S. The molecule has 0 radical (unpaired) electrons. The number of rotatable bonds is 6. The molecule has 0 bridgehead atoms. The van der Waals surface area contributed by atoms with Gasteiger partial charge in [-0.15, -0.1) is 16.9 Å². The second-order valence-corrected chi connectivity index (χ2v) is 5.34. The van der Waals surface area contributed by atoms with Crippen molar-refractivity contribution in [3.8, 4) is 0 Å². The van der Waals surface area contributed by atoms with Crippen LogP contribution < -0.4 is 0 Å². The summed E-state index contributed by atoms with van der Waals surface area (Å²) in [7, 11) is 0. The van der Waals surface area contributed by atoms with Gasteiger partial charge in [-0.2, -0.15) is 5.11 Å². The summed E-state index contributed by atoms with van der Waals surface area (Å²) in [6.45, 7) is 2.21. The first kappa shape index (κ1) is 13.8. The van der Waals surface area contributed by atoms with Gasteiger partial charge in [0, 0.05) is 4.90 Å². The molecule has 2 rings (SSSR count). The van der Waals surface area contributed by atoms with Gasteiger partial charge < -0.3 is 0 Å². The van der Waals surface area contributed by atoms with E-state index in [9.17, 15) is 0 Å². The fourth-order valence-corrected chi connectivity index (χ4v) is 2.68.